The Balaban J connectivity index is 2.03. The van der Waals surface area contributed by atoms with Crippen LogP contribution in [-0.2, 0) is 0 Å². The smallest absolute Gasteiger partial charge is 0.318 e. The van der Waals surface area contributed by atoms with Gasteiger partial charge in [0, 0.05) is 26.2 Å². The second-order valence-corrected chi connectivity index (χ2v) is 7.13. The summed E-state index contributed by atoms with van der Waals surface area (Å²) in [5, 5.41) is 14.7. The molecule has 0 unspecified atom stereocenters. The van der Waals surface area contributed by atoms with Crippen LogP contribution in [-0.4, -0.2) is 47.3 Å². The van der Waals surface area contributed by atoms with Crippen molar-refractivity contribution >= 4 is 6.03 Å². The summed E-state index contributed by atoms with van der Waals surface area (Å²) in [4.78, 5) is 14.4. The Bertz CT molecular complexity index is 544. The molecule has 8 nitrogen and oxygen atoms in total. The normalized spacial score (nSPS) is 18.4. The summed E-state index contributed by atoms with van der Waals surface area (Å²) in [7, 11) is 0. The van der Waals surface area contributed by atoms with Crippen LogP contribution < -0.4 is 16.4 Å². The van der Waals surface area contributed by atoms with E-state index in [1.165, 1.54) is 0 Å². The van der Waals surface area contributed by atoms with Crippen LogP contribution in [0.2, 0.25) is 0 Å². The molecule has 4 N–H and O–H groups in total. The Morgan fingerprint density at radius 1 is 1.27 bits per heavy atom. The third kappa shape index (κ3) is 5.67. The zero-order valence-electron chi connectivity index (χ0n) is 16.3. The Kier molecular flexibility index (Phi) is 8.31. The van der Waals surface area contributed by atoms with Gasteiger partial charge in [-0.1, -0.05) is 46.5 Å². The summed E-state index contributed by atoms with van der Waals surface area (Å²) >= 11 is 0. The minimum atomic E-state index is -0.300. The van der Waals surface area contributed by atoms with E-state index in [9.17, 15) is 4.79 Å². The van der Waals surface area contributed by atoms with Gasteiger partial charge in [0.1, 0.15) is 6.04 Å². The fourth-order valence-corrected chi connectivity index (χ4v) is 3.04. The fourth-order valence-electron chi connectivity index (χ4n) is 3.04. The summed E-state index contributed by atoms with van der Waals surface area (Å²) in [6, 6.07) is -0.625. The highest BCUT2D eigenvalue weighted by atomic mass is 16.4. The molecule has 1 aliphatic rings. The summed E-state index contributed by atoms with van der Waals surface area (Å²) in [5.41, 5.74) is 6.18. The van der Waals surface area contributed by atoms with E-state index in [1.54, 1.807) is 0 Å². The van der Waals surface area contributed by atoms with Crippen LogP contribution in [0.15, 0.2) is 4.42 Å². The lowest BCUT2D eigenvalue weighted by atomic mass is 9.99. The molecule has 1 fully saturated rings. The summed E-state index contributed by atoms with van der Waals surface area (Å²) < 4.78 is 5.86. The predicted octanol–water partition coefficient (Wildman–Crippen LogP) is 2.35. The molecule has 2 heterocycles. The number of nitrogens with two attached hydrogens (primary N) is 1. The highest BCUT2D eigenvalue weighted by Crippen LogP contribution is 2.26. The first kappa shape index (κ1) is 20.6. The molecule has 0 saturated carbocycles. The van der Waals surface area contributed by atoms with Crippen molar-refractivity contribution < 1.29 is 9.21 Å². The van der Waals surface area contributed by atoms with Gasteiger partial charge in [-0.2, -0.15) is 0 Å². The van der Waals surface area contributed by atoms with Crippen molar-refractivity contribution in [2.75, 3.05) is 26.2 Å². The molecule has 2 rings (SSSR count). The van der Waals surface area contributed by atoms with Crippen LogP contribution >= 0.6 is 0 Å². The number of aromatic nitrogens is 2. The van der Waals surface area contributed by atoms with E-state index in [4.69, 9.17) is 10.2 Å². The van der Waals surface area contributed by atoms with E-state index < -0.39 is 0 Å². The van der Waals surface area contributed by atoms with Gasteiger partial charge in [0.05, 0.1) is 6.04 Å². The number of rotatable bonds is 9. The van der Waals surface area contributed by atoms with Crippen LogP contribution in [0.1, 0.15) is 76.7 Å². The summed E-state index contributed by atoms with van der Waals surface area (Å²) in [6.45, 7) is 9.37. The lowest BCUT2D eigenvalue weighted by Gasteiger charge is -2.30. The lowest BCUT2D eigenvalue weighted by Crippen LogP contribution is -2.51. The second kappa shape index (κ2) is 10.5. The standard InChI is InChI=1S/C18H34N6O2/c1-4-6-7-8-14(19)16-22-23-17(26-16)15(13(3)5-2)21-18(25)24-11-9-20-10-12-24/h13-15,20H,4-12,19H2,1-3H3,(H,21,25)/t13-,14-,15-/m0/s1. The van der Waals surface area contributed by atoms with Crippen LogP contribution in [0.4, 0.5) is 4.79 Å². The quantitative estimate of drug-likeness (QED) is 0.579. The van der Waals surface area contributed by atoms with Crippen molar-refractivity contribution in [3.8, 4) is 0 Å². The number of carbonyl (C=O) groups excluding carboxylic acids is 1. The first-order valence-corrected chi connectivity index (χ1v) is 9.91. The number of nitrogens with zero attached hydrogens (tertiary/aromatic N) is 3. The number of hydrogen-bond acceptors (Lipinski definition) is 6. The summed E-state index contributed by atoms with van der Waals surface area (Å²) in [5.74, 6) is 1.09. The van der Waals surface area contributed by atoms with Crippen molar-refractivity contribution in [2.24, 2.45) is 11.7 Å². The third-order valence-corrected chi connectivity index (χ3v) is 5.05. The molecular formula is C18H34N6O2. The molecule has 3 atom stereocenters. The SMILES string of the molecule is CCCCC[C@H](N)c1nnc([C@@H](NC(=O)N2CCNCC2)[C@@H](C)CC)o1. The van der Waals surface area contributed by atoms with E-state index in [0.717, 1.165) is 45.2 Å². The number of piperazine rings is 1. The van der Waals surface area contributed by atoms with Crippen LogP contribution in [0, 0.1) is 5.92 Å². The molecule has 1 aromatic heterocycles. The van der Waals surface area contributed by atoms with Gasteiger partial charge >= 0.3 is 6.03 Å². The molecule has 1 aromatic rings. The van der Waals surface area contributed by atoms with Gasteiger partial charge in [-0.3, -0.25) is 0 Å². The van der Waals surface area contributed by atoms with Crippen molar-refractivity contribution in [1.82, 2.24) is 25.7 Å². The lowest BCUT2D eigenvalue weighted by molar-refractivity contribution is 0.177. The average molecular weight is 367 g/mol. The zero-order valence-corrected chi connectivity index (χ0v) is 16.3. The van der Waals surface area contributed by atoms with E-state index in [-0.39, 0.29) is 24.0 Å². The maximum absolute atomic E-state index is 12.6. The van der Waals surface area contributed by atoms with E-state index >= 15 is 0 Å². The van der Waals surface area contributed by atoms with E-state index in [2.05, 4.69) is 41.6 Å². The van der Waals surface area contributed by atoms with Crippen molar-refractivity contribution in [2.45, 2.75) is 65.0 Å². The van der Waals surface area contributed by atoms with E-state index in [0.29, 0.717) is 24.9 Å². The molecule has 148 valence electrons. The van der Waals surface area contributed by atoms with Crippen LogP contribution in [0.25, 0.3) is 0 Å². The molecule has 1 saturated heterocycles. The van der Waals surface area contributed by atoms with Gasteiger partial charge in [-0.05, 0) is 12.3 Å². The number of nitrogens with one attached hydrogen (secondary N) is 2. The Hall–Kier alpha value is -1.67. The molecule has 2 amide bonds. The maximum Gasteiger partial charge on any atom is 0.318 e. The van der Waals surface area contributed by atoms with Crippen molar-refractivity contribution in [3.63, 3.8) is 0 Å². The molecule has 0 spiro atoms. The Labute approximate surface area is 156 Å². The Morgan fingerprint density at radius 2 is 1.96 bits per heavy atom. The second-order valence-electron chi connectivity index (χ2n) is 7.13. The molecule has 1 aliphatic heterocycles. The third-order valence-electron chi connectivity index (χ3n) is 5.05. The van der Waals surface area contributed by atoms with Gasteiger partial charge in [0.25, 0.3) is 0 Å². The molecular weight excluding hydrogens is 332 g/mol. The minimum absolute atomic E-state index is 0.0798. The largest absolute Gasteiger partial charge is 0.421 e. The Morgan fingerprint density at radius 3 is 2.62 bits per heavy atom. The maximum atomic E-state index is 12.6. The molecule has 26 heavy (non-hydrogen) atoms. The monoisotopic (exact) mass is 366 g/mol. The number of urea groups is 1. The van der Waals surface area contributed by atoms with Gasteiger partial charge in [0.2, 0.25) is 11.8 Å². The zero-order chi connectivity index (χ0) is 18.9. The molecule has 0 aromatic carbocycles. The predicted molar refractivity (Wildman–Crippen MR) is 101 cm³/mol. The molecule has 0 bridgehead atoms. The highest BCUT2D eigenvalue weighted by Gasteiger charge is 2.29. The van der Waals surface area contributed by atoms with E-state index in [1.807, 2.05) is 4.90 Å². The first-order chi connectivity index (χ1) is 12.6. The fraction of sp³-hybridized carbons (Fsp3) is 0.833. The number of carbonyl (C=O) groups is 1. The highest BCUT2D eigenvalue weighted by molar-refractivity contribution is 5.74. The van der Waals surface area contributed by atoms with Crippen molar-refractivity contribution in [1.29, 1.82) is 0 Å². The van der Waals surface area contributed by atoms with Crippen molar-refractivity contribution in [3.05, 3.63) is 11.8 Å². The average Bonchev–Trinajstić information content (AvgIpc) is 3.16. The molecule has 0 aliphatic carbocycles. The minimum Gasteiger partial charge on any atom is -0.421 e. The first-order valence-electron chi connectivity index (χ1n) is 9.91. The number of amides is 2. The van der Waals surface area contributed by atoms with Gasteiger partial charge in [-0.25, -0.2) is 4.79 Å². The summed E-state index contributed by atoms with van der Waals surface area (Å²) in [6.07, 6.45) is 5.06. The number of hydrogen-bond donors (Lipinski definition) is 3. The number of unbranched alkanes of at least 4 members (excludes halogenated alkanes) is 2. The van der Waals surface area contributed by atoms with Gasteiger partial charge in [0.15, 0.2) is 0 Å². The van der Waals surface area contributed by atoms with Crippen LogP contribution in [0.3, 0.4) is 0 Å². The molecule has 8 heteroatoms. The molecule has 0 radical (unpaired) electrons. The van der Waals surface area contributed by atoms with Gasteiger partial charge < -0.3 is 25.7 Å². The van der Waals surface area contributed by atoms with Crippen LogP contribution in [0.5, 0.6) is 0 Å². The van der Waals surface area contributed by atoms with Gasteiger partial charge in [-0.15, -0.1) is 10.2 Å². The topological polar surface area (TPSA) is 109 Å².